The fourth-order valence-corrected chi connectivity index (χ4v) is 5.19. The Morgan fingerprint density at radius 3 is 2.77 bits per heavy atom. The largest absolute Gasteiger partial charge is 0.384 e. The number of carbonyl (C=O) groups is 2. The maximum Gasteiger partial charge on any atom is 0.180 e. The Morgan fingerprint density at radius 2 is 2.00 bits per heavy atom. The van der Waals surface area contributed by atoms with Crippen LogP contribution in [-0.2, 0) is 11.2 Å². The van der Waals surface area contributed by atoms with Gasteiger partial charge in [0.25, 0.3) is 0 Å². The zero-order valence-corrected chi connectivity index (χ0v) is 17.6. The lowest BCUT2D eigenvalue weighted by Crippen LogP contribution is -2.12. The highest BCUT2D eigenvalue weighted by Crippen LogP contribution is 2.53. The number of hydrogen-bond donors (Lipinski definition) is 1. The van der Waals surface area contributed by atoms with Crippen molar-refractivity contribution in [3.8, 4) is 0 Å². The van der Waals surface area contributed by atoms with Crippen LogP contribution >= 0.6 is 0 Å². The van der Waals surface area contributed by atoms with E-state index in [9.17, 15) is 9.59 Å². The van der Waals surface area contributed by atoms with Crippen molar-refractivity contribution in [1.29, 1.82) is 0 Å². The summed E-state index contributed by atoms with van der Waals surface area (Å²) in [4.78, 5) is 30.3. The third-order valence-electron chi connectivity index (χ3n) is 7.14. The third kappa shape index (κ3) is 3.35. The number of anilines is 1. The second kappa shape index (κ2) is 7.62. The molecule has 156 valence electrons. The number of nitrogens with one attached hydrogen (secondary N) is 1. The molecule has 1 aromatic heterocycles. The van der Waals surface area contributed by atoms with E-state index in [4.69, 9.17) is 9.72 Å². The molecule has 1 aliphatic carbocycles. The Bertz CT molecular complexity index is 1010. The highest BCUT2D eigenvalue weighted by Gasteiger charge is 2.54. The zero-order chi connectivity index (χ0) is 20.8. The molecule has 0 spiro atoms. The predicted molar refractivity (Wildman–Crippen MR) is 115 cm³/mol. The van der Waals surface area contributed by atoms with Gasteiger partial charge in [0.1, 0.15) is 5.69 Å². The molecule has 0 bridgehead atoms. The SMILES string of the molecule is CCC(=O)c1cc(C(=O)CC2[C@H]3COC[C@@H]23)cc([C@@H](C)c2cccc3c2CCN3)n1. The summed E-state index contributed by atoms with van der Waals surface area (Å²) < 4.78 is 5.45. The summed E-state index contributed by atoms with van der Waals surface area (Å²) in [7, 11) is 0. The monoisotopic (exact) mass is 404 g/mol. The summed E-state index contributed by atoms with van der Waals surface area (Å²) in [5.74, 6) is 1.65. The van der Waals surface area contributed by atoms with Crippen LogP contribution in [0.2, 0.25) is 0 Å². The van der Waals surface area contributed by atoms with Gasteiger partial charge in [-0.05, 0) is 53.5 Å². The van der Waals surface area contributed by atoms with E-state index in [1.807, 2.05) is 13.0 Å². The molecule has 3 heterocycles. The second-order valence-corrected chi connectivity index (χ2v) is 8.87. The smallest absolute Gasteiger partial charge is 0.180 e. The summed E-state index contributed by atoms with van der Waals surface area (Å²) in [6, 6.07) is 9.92. The van der Waals surface area contributed by atoms with Gasteiger partial charge in [0.2, 0.25) is 0 Å². The fourth-order valence-electron chi connectivity index (χ4n) is 5.19. The Kier molecular flexibility index (Phi) is 4.94. The number of ketones is 2. The number of hydrogen-bond acceptors (Lipinski definition) is 5. The molecule has 1 unspecified atom stereocenters. The van der Waals surface area contributed by atoms with Crippen molar-refractivity contribution < 1.29 is 14.3 Å². The molecule has 2 aromatic rings. The van der Waals surface area contributed by atoms with E-state index in [2.05, 4.69) is 30.4 Å². The first kappa shape index (κ1) is 19.4. The van der Waals surface area contributed by atoms with E-state index in [0.717, 1.165) is 31.9 Å². The topological polar surface area (TPSA) is 68.3 Å². The summed E-state index contributed by atoms with van der Waals surface area (Å²) in [5, 5.41) is 3.42. The zero-order valence-electron chi connectivity index (χ0n) is 17.6. The van der Waals surface area contributed by atoms with Gasteiger partial charge in [-0.3, -0.25) is 9.59 Å². The average molecular weight is 405 g/mol. The Hall–Kier alpha value is -2.53. The molecule has 1 N–H and O–H groups in total. The minimum absolute atomic E-state index is 0.0183. The Balaban J connectivity index is 1.47. The van der Waals surface area contributed by atoms with E-state index in [1.54, 1.807) is 6.07 Å². The standard InChI is InChI=1S/C25H28N2O3/c1-3-24(28)23-10-15(25(29)11-18-19-12-30-13-20(18)19)9-22(27-23)14(2)16-5-4-6-21-17(16)7-8-26-21/h4-6,9-10,14,18-20,26H,3,7-8,11-13H2,1-2H3/t14-,18?,19-,20+/m0/s1. The van der Waals surface area contributed by atoms with Crippen LogP contribution in [0.15, 0.2) is 30.3 Å². The number of aromatic nitrogens is 1. The third-order valence-corrected chi connectivity index (χ3v) is 7.14. The maximum absolute atomic E-state index is 13.1. The van der Waals surface area contributed by atoms with Crippen LogP contribution in [-0.4, -0.2) is 36.3 Å². The number of fused-ring (bicyclic) bond motifs is 2. The number of Topliss-reactive ketones (excluding diaryl/α,β-unsaturated/α-hetero) is 2. The molecule has 5 nitrogen and oxygen atoms in total. The number of rotatable bonds is 7. The Morgan fingerprint density at radius 1 is 1.20 bits per heavy atom. The lowest BCUT2D eigenvalue weighted by atomic mass is 9.90. The van der Waals surface area contributed by atoms with Crippen LogP contribution in [0.1, 0.15) is 70.3 Å². The summed E-state index contributed by atoms with van der Waals surface area (Å²) in [5.41, 5.74) is 5.56. The average Bonchev–Trinajstić information content (AvgIpc) is 3.16. The van der Waals surface area contributed by atoms with Crippen LogP contribution in [0.3, 0.4) is 0 Å². The van der Waals surface area contributed by atoms with Crippen LogP contribution in [0, 0.1) is 17.8 Å². The van der Waals surface area contributed by atoms with E-state index < -0.39 is 0 Å². The highest BCUT2D eigenvalue weighted by atomic mass is 16.5. The van der Waals surface area contributed by atoms with Crippen molar-refractivity contribution in [3.63, 3.8) is 0 Å². The van der Waals surface area contributed by atoms with Gasteiger partial charge in [-0.25, -0.2) is 4.98 Å². The van der Waals surface area contributed by atoms with E-state index in [-0.39, 0.29) is 17.5 Å². The molecule has 2 aliphatic heterocycles. The molecule has 0 amide bonds. The van der Waals surface area contributed by atoms with Crippen LogP contribution in [0.5, 0.6) is 0 Å². The number of carbonyl (C=O) groups excluding carboxylic acids is 2. The lowest BCUT2D eigenvalue weighted by Gasteiger charge is -2.17. The second-order valence-electron chi connectivity index (χ2n) is 8.87. The van der Waals surface area contributed by atoms with E-state index >= 15 is 0 Å². The number of nitrogens with zero attached hydrogens (tertiary/aromatic N) is 1. The van der Waals surface area contributed by atoms with Gasteiger partial charge in [-0.2, -0.15) is 0 Å². The van der Waals surface area contributed by atoms with Crippen LogP contribution in [0.25, 0.3) is 0 Å². The minimum atomic E-state index is -0.0188. The van der Waals surface area contributed by atoms with Gasteiger partial charge in [-0.15, -0.1) is 0 Å². The predicted octanol–water partition coefficient (Wildman–Crippen LogP) is 4.26. The molecular weight excluding hydrogens is 376 g/mol. The van der Waals surface area contributed by atoms with Gasteiger partial charge in [0.05, 0.1) is 13.2 Å². The number of benzene rings is 1. The molecule has 0 radical (unpaired) electrons. The lowest BCUT2D eigenvalue weighted by molar-refractivity contribution is 0.0950. The van der Waals surface area contributed by atoms with Crippen molar-refractivity contribution in [2.75, 3.05) is 25.1 Å². The summed E-state index contributed by atoms with van der Waals surface area (Å²) >= 11 is 0. The van der Waals surface area contributed by atoms with Crippen molar-refractivity contribution >= 4 is 17.3 Å². The summed E-state index contributed by atoms with van der Waals surface area (Å²) in [6.07, 6.45) is 1.91. The number of ether oxygens (including phenoxy) is 1. The van der Waals surface area contributed by atoms with Gasteiger partial charge >= 0.3 is 0 Å². The Labute approximate surface area is 177 Å². The normalized spacial score (nSPS) is 24.7. The van der Waals surface area contributed by atoms with Gasteiger partial charge in [-0.1, -0.05) is 26.0 Å². The first-order chi connectivity index (χ1) is 14.6. The van der Waals surface area contributed by atoms with Crippen LogP contribution < -0.4 is 5.32 Å². The van der Waals surface area contributed by atoms with Crippen molar-refractivity contribution in [2.24, 2.45) is 17.8 Å². The first-order valence-electron chi connectivity index (χ1n) is 11.1. The quantitative estimate of drug-likeness (QED) is 0.699. The van der Waals surface area contributed by atoms with Crippen LogP contribution in [0.4, 0.5) is 5.69 Å². The minimum Gasteiger partial charge on any atom is -0.384 e. The van der Waals surface area contributed by atoms with Crippen molar-refractivity contribution in [3.05, 3.63) is 58.4 Å². The first-order valence-corrected chi connectivity index (χ1v) is 11.1. The maximum atomic E-state index is 13.1. The molecule has 3 aliphatic rings. The van der Waals surface area contributed by atoms with Crippen molar-refractivity contribution in [2.45, 2.75) is 39.0 Å². The molecule has 1 aromatic carbocycles. The van der Waals surface area contributed by atoms with E-state index in [1.165, 1.54) is 16.8 Å². The van der Waals surface area contributed by atoms with Gasteiger partial charge in [0, 0.05) is 42.2 Å². The molecule has 5 heteroatoms. The van der Waals surface area contributed by atoms with Gasteiger partial charge < -0.3 is 10.1 Å². The molecule has 4 atom stereocenters. The molecule has 1 saturated heterocycles. The summed E-state index contributed by atoms with van der Waals surface area (Å²) in [6.45, 7) is 6.47. The molecule has 2 fully saturated rings. The molecule has 30 heavy (non-hydrogen) atoms. The number of pyridine rings is 1. The fraction of sp³-hybridized carbons (Fsp3) is 0.480. The highest BCUT2D eigenvalue weighted by molar-refractivity contribution is 6.00. The molecule has 5 rings (SSSR count). The van der Waals surface area contributed by atoms with Crippen molar-refractivity contribution in [1.82, 2.24) is 4.98 Å². The molecular formula is C25H28N2O3. The van der Waals surface area contributed by atoms with Gasteiger partial charge in [0.15, 0.2) is 11.6 Å². The molecule has 1 saturated carbocycles. The van der Waals surface area contributed by atoms with E-state index in [0.29, 0.717) is 41.9 Å².